The Morgan fingerprint density at radius 2 is 1.68 bits per heavy atom. The van der Waals surface area contributed by atoms with E-state index in [0.717, 1.165) is 29.6 Å². The molecule has 19 heavy (non-hydrogen) atoms. The number of halogens is 2. The molecule has 2 aromatic carbocycles. The molecule has 0 amide bonds. The molecule has 1 N–H and O–H groups in total. The van der Waals surface area contributed by atoms with Gasteiger partial charge in [-0.1, -0.05) is 47.5 Å². The SMILES string of the molecule is Clc1ccc(C2(Cc3cccc(Cl)c3)CNC2)cc1. The van der Waals surface area contributed by atoms with Crippen molar-refractivity contribution in [3.8, 4) is 0 Å². The van der Waals surface area contributed by atoms with E-state index >= 15 is 0 Å². The summed E-state index contributed by atoms with van der Waals surface area (Å²) in [5.74, 6) is 0. The lowest BCUT2D eigenvalue weighted by atomic mass is 9.71. The molecule has 1 aliphatic heterocycles. The van der Waals surface area contributed by atoms with Crippen molar-refractivity contribution in [3.63, 3.8) is 0 Å². The molecule has 0 aromatic heterocycles. The van der Waals surface area contributed by atoms with Gasteiger partial charge in [0, 0.05) is 28.5 Å². The van der Waals surface area contributed by atoms with E-state index in [-0.39, 0.29) is 5.41 Å². The van der Waals surface area contributed by atoms with Crippen LogP contribution in [0.3, 0.4) is 0 Å². The van der Waals surface area contributed by atoms with Crippen LogP contribution in [0.2, 0.25) is 10.0 Å². The van der Waals surface area contributed by atoms with Crippen LogP contribution < -0.4 is 5.32 Å². The average Bonchev–Trinajstić information content (AvgIpc) is 2.35. The summed E-state index contributed by atoms with van der Waals surface area (Å²) in [6.45, 7) is 2.00. The Morgan fingerprint density at radius 1 is 0.947 bits per heavy atom. The van der Waals surface area contributed by atoms with E-state index in [9.17, 15) is 0 Å². The van der Waals surface area contributed by atoms with Gasteiger partial charge in [-0.2, -0.15) is 0 Å². The van der Waals surface area contributed by atoms with E-state index in [0.29, 0.717) is 0 Å². The van der Waals surface area contributed by atoms with E-state index in [1.165, 1.54) is 11.1 Å². The molecule has 0 radical (unpaired) electrons. The first kappa shape index (κ1) is 13.0. The molecule has 1 aliphatic rings. The Hall–Kier alpha value is -1.02. The van der Waals surface area contributed by atoms with Gasteiger partial charge < -0.3 is 5.32 Å². The standard InChI is InChI=1S/C16H15Cl2N/c17-14-6-4-13(5-7-14)16(10-19-11-16)9-12-2-1-3-15(18)8-12/h1-8,19H,9-11H2. The molecule has 3 rings (SSSR count). The van der Waals surface area contributed by atoms with Gasteiger partial charge in [-0.3, -0.25) is 0 Å². The predicted molar refractivity (Wildman–Crippen MR) is 81.2 cm³/mol. The molecule has 3 heteroatoms. The van der Waals surface area contributed by atoms with Crippen molar-refractivity contribution >= 4 is 23.2 Å². The van der Waals surface area contributed by atoms with E-state index in [4.69, 9.17) is 23.2 Å². The van der Waals surface area contributed by atoms with E-state index in [1.54, 1.807) is 0 Å². The van der Waals surface area contributed by atoms with Crippen molar-refractivity contribution in [3.05, 3.63) is 69.7 Å². The monoisotopic (exact) mass is 291 g/mol. The second-order valence-electron chi connectivity index (χ2n) is 5.20. The summed E-state index contributed by atoms with van der Waals surface area (Å²) in [6, 6.07) is 16.3. The van der Waals surface area contributed by atoms with Crippen molar-refractivity contribution < 1.29 is 0 Å². The van der Waals surface area contributed by atoms with Crippen LogP contribution in [0.5, 0.6) is 0 Å². The Bertz CT molecular complexity index is 574. The highest BCUT2D eigenvalue weighted by atomic mass is 35.5. The normalized spacial score (nSPS) is 16.9. The van der Waals surface area contributed by atoms with Crippen LogP contribution in [-0.4, -0.2) is 13.1 Å². The van der Waals surface area contributed by atoms with Gasteiger partial charge in [-0.25, -0.2) is 0 Å². The molecule has 1 nitrogen and oxygen atoms in total. The van der Waals surface area contributed by atoms with Gasteiger partial charge in [0.1, 0.15) is 0 Å². The van der Waals surface area contributed by atoms with Gasteiger partial charge in [0.05, 0.1) is 0 Å². The quantitative estimate of drug-likeness (QED) is 0.899. The zero-order chi connectivity index (χ0) is 13.3. The minimum atomic E-state index is 0.176. The van der Waals surface area contributed by atoms with Crippen molar-refractivity contribution in [1.82, 2.24) is 5.32 Å². The number of hydrogen-bond acceptors (Lipinski definition) is 1. The maximum absolute atomic E-state index is 6.07. The summed E-state index contributed by atoms with van der Waals surface area (Å²) in [7, 11) is 0. The third-order valence-electron chi connectivity index (χ3n) is 3.81. The summed E-state index contributed by atoms with van der Waals surface area (Å²) in [5.41, 5.74) is 2.80. The molecule has 0 saturated carbocycles. The minimum absolute atomic E-state index is 0.176. The number of hydrogen-bond donors (Lipinski definition) is 1. The third kappa shape index (κ3) is 2.64. The van der Waals surface area contributed by atoms with Crippen LogP contribution in [-0.2, 0) is 11.8 Å². The maximum Gasteiger partial charge on any atom is 0.0408 e. The number of nitrogens with one attached hydrogen (secondary N) is 1. The highest BCUT2D eigenvalue weighted by Gasteiger charge is 2.38. The summed E-state index contributed by atoms with van der Waals surface area (Å²) in [6.07, 6.45) is 1.00. The fraction of sp³-hybridized carbons (Fsp3) is 0.250. The second-order valence-corrected chi connectivity index (χ2v) is 6.07. The Morgan fingerprint density at radius 3 is 2.26 bits per heavy atom. The highest BCUT2D eigenvalue weighted by Crippen LogP contribution is 2.33. The molecule has 1 saturated heterocycles. The minimum Gasteiger partial charge on any atom is -0.315 e. The van der Waals surface area contributed by atoms with Crippen molar-refractivity contribution in [2.75, 3.05) is 13.1 Å². The van der Waals surface area contributed by atoms with Gasteiger partial charge in [0.25, 0.3) is 0 Å². The zero-order valence-electron chi connectivity index (χ0n) is 10.5. The Labute approximate surface area is 123 Å². The topological polar surface area (TPSA) is 12.0 Å². The van der Waals surface area contributed by atoms with Gasteiger partial charge in [0.2, 0.25) is 0 Å². The maximum atomic E-state index is 6.07. The lowest BCUT2D eigenvalue weighted by Crippen LogP contribution is -2.58. The van der Waals surface area contributed by atoms with Crippen LogP contribution in [0.1, 0.15) is 11.1 Å². The van der Waals surface area contributed by atoms with Crippen LogP contribution in [0.25, 0.3) is 0 Å². The second kappa shape index (κ2) is 5.16. The van der Waals surface area contributed by atoms with Crippen molar-refractivity contribution in [2.24, 2.45) is 0 Å². The predicted octanol–water partition coefficient (Wildman–Crippen LogP) is 4.08. The molecule has 0 spiro atoms. The molecule has 98 valence electrons. The van der Waals surface area contributed by atoms with Crippen molar-refractivity contribution in [1.29, 1.82) is 0 Å². The van der Waals surface area contributed by atoms with Gasteiger partial charge in [-0.05, 0) is 41.8 Å². The van der Waals surface area contributed by atoms with Gasteiger partial charge in [-0.15, -0.1) is 0 Å². The first-order valence-corrected chi connectivity index (χ1v) is 7.15. The lowest BCUT2D eigenvalue weighted by Gasteiger charge is -2.43. The molecule has 0 bridgehead atoms. The molecule has 2 aromatic rings. The Kier molecular flexibility index (Phi) is 3.53. The summed E-state index contributed by atoms with van der Waals surface area (Å²) < 4.78 is 0. The molecule has 0 atom stereocenters. The first-order chi connectivity index (χ1) is 9.18. The average molecular weight is 292 g/mol. The summed E-state index contributed by atoms with van der Waals surface area (Å²) in [5, 5.41) is 4.97. The largest absolute Gasteiger partial charge is 0.315 e. The number of benzene rings is 2. The van der Waals surface area contributed by atoms with Crippen LogP contribution in [0, 0.1) is 0 Å². The lowest BCUT2D eigenvalue weighted by molar-refractivity contribution is 0.275. The first-order valence-electron chi connectivity index (χ1n) is 6.39. The summed E-state index contributed by atoms with van der Waals surface area (Å²) in [4.78, 5) is 0. The number of rotatable bonds is 3. The van der Waals surface area contributed by atoms with E-state index in [2.05, 4.69) is 29.6 Å². The fourth-order valence-corrected chi connectivity index (χ4v) is 3.04. The molecular formula is C16H15Cl2N. The van der Waals surface area contributed by atoms with Crippen LogP contribution >= 0.6 is 23.2 Å². The van der Waals surface area contributed by atoms with Crippen LogP contribution in [0.4, 0.5) is 0 Å². The molecule has 0 unspecified atom stereocenters. The van der Waals surface area contributed by atoms with Crippen LogP contribution in [0.15, 0.2) is 48.5 Å². The highest BCUT2D eigenvalue weighted by molar-refractivity contribution is 6.30. The zero-order valence-corrected chi connectivity index (χ0v) is 12.0. The molecule has 0 aliphatic carbocycles. The summed E-state index contributed by atoms with van der Waals surface area (Å²) >= 11 is 12.0. The fourth-order valence-electron chi connectivity index (χ4n) is 2.70. The molecular weight excluding hydrogens is 277 g/mol. The smallest absolute Gasteiger partial charge is 0.0408 e. The van der Waals surface area contributed by atoms with E-state index < -0.39 is 0 Å². The van der Waals surface area contributed by atoms with E-state index in [1.807, 2.05) is 24.3 Å². The third-order valence-corrected chi connectivity index (χ3v) is 4.30. The molecule has 1 fully saturated rings. The van der Waals surface area contributed by atoms with Gasteiger partial charge in [0.15, 0.2) is 0 Å². The van der Waals surface area contributed by atoms with Gasteiger partial charge >= 0.3 is 0 Å². The Balaban J connectivity index is 1.89. The molecule has 1 heterocycles. The van der Waals surface area contributed by atoms with Crippen molar-refractivity contribution in [2.45, 2.75) is 11.8 Å².